The Morgan fingerprint density at radius 1 is 0.351 bits per heavy atom. The minimum atomic E-state index is 0.531. The van der Waals surface area contributed by atoms with Gasteiger partial charge in [0.25, 0.3) is 0 Å². The number of rotatable bonds is 5. The zero-order chi connectivity index (χ0) is 37.5. The molecule has 6 nitrogen and oxygen atoms in total. The normalized spacial score (nSPS) is 11.9. The predicted octanol–water partition coefficient (Wildman–Crippen LogP) is 13.4. The lowest BCUT2D eigenvalue weighted by Crippen LogP contribution is -2.00. The smallest absolute Gasteiger partial charge is 0.167 e. The van der Waals surface area contributed by atoms with E-state index >= 15 is 0 Å². The third-order valence-electron chi connectivity index (χ3n) is 11.1. The Morgan fingerprint density at radius 3 is 1.68 bits per heavy atom. The van der Waals surface area contributed by atoms with Crippen molar-refractivity contribution in [2.24, 2.45) is 0 Å². The molecule has 57 heavy (non-hydrogen) atoms. The number of hydrogen-bond acceptors (Lipinski definition) is 5. The van der Waals surface area contributed by atoms with Gasteiger partial charge in [-0.15, -0.1) is 0 Å². The van der Waals surface area contributed by atoms with Crippen LogP contribution in [0.2, 0.25) is 0 Å². The van der Waals surface area contributed by atoms with Crippen molar-refractivity contribution in [3.63, 3.8) is 0 Å². The summed E-state index contributed by atoms with van der Waals surface area (Å²) in [6.07, 6.45) is 0. The van der Waals surface area contributed by atoms with E-state index in [1.165, 1.54) is 10.8 Å². The van der Waals surface area contributed by atoms with E-state index in [0.29, 0.717) is 17.5 Å². The highest BCUT2D eigenvalue weighted by molar-refractivity contribution is 6.16. The van der Waals surface area contributed by atoms with Crippen LogP contribution in [0.5, 0.6) is 0 Å². The van der Waals surface area contributed by atoms with Gasteiger partial charge in [0.15, 0.2) is 17.5 Å². The second kappa shape index (κ2) is 12.3. The Kier molecular flexibility index (Phi) is 6.83. The molecule has 8 aromatic carbocycles. The minimum absolute atomic E-state index is 0.531. The molecule has 12 aromatic rings. The van der Waals surface area contributed by atoms with Crippen LogP contribution >= 0.6 is 0 Å². The summed E-state index contributed by atoms with van der Waals surface area (Å²) in [4.78, 5) is 15.3. The summed E-state index contributed by atoms with van der Waals surface area (Å²) >= 11 is 0. The zero-order valence-corrected chi connectivity index (χ0v) is 30.4. The van der Waals surface area contributed by atoms with Crippen molar-refractivity contribution in [1.29, 1.82) is 0 Å². The van der Waals surface area contributed by atoms with Crippen LogP contribution in [-0.2, 0) is 0 Å². The van der Waals surface area contributed by atoms with Crippen molar-refractivity contribution in [2.75, 3.05) is 0 Å². The van der Waals surface area contributed by atoms with Gasteiger partial charge in [0.1, 0.15) is 22.3 Å². The summed E-state index contributed by atoms with van der Waals surface area (Å²) < 4.78 is 15.7. The van der Waals surface area contributed by atoms with E-state index in [4.69, 9.17) is 23.8 Å². The number of furan rings is 2. The lowest BCUT2D eigenvalue weighted by Gasteiger charge is -2.10. The predicted molar refractivity (Wildman–Crippen MR) is 230 cm³/mol. The van der Waals surface area contributed by atoms with Crippen molar-refractivity contribution in [1.82, 2.24) is 19.5 Å². The molecule has 0 bridgehead atoms. The van der Waals surface area contributed by atoms with Gasteiger partial charge in [-0.1, -0.05) is 133 Å². The molecule has 0 radical (unpaired) electrons. The molecule has 4 aromatic heterocycles. The number of aromatic nitrogens is 4. The molecule has 0 aliphatic heterocycles. The van der Waals surface area contributed by atoms with Crippen molar-refractivity contribution in [3.8, 4) is 51.0 Å². The summed E-state index contributed by atoms with van der Waals surface area (Å²) in [6.45, 7) is 0. The van der Waals surface area contributed by atoms with Gasteiger partial charge in [-0.05, 0) is 59.7 Å². The summed E-state index contributed by atoms with van der Waals surface area (Å²) in [5.41, 5.74) is 11.3. The Bertz CT molecular complexity index is 3470. The highest BCUT2D eigenvalue weighted by Crippen LogP contribution is 2.42. The SMILES string of the molecule is c1ccc(-c2nc(-c3ccc4c(c3)oc3cccc(-n5c6ccccc6c6ccccc65)c34)nc(-c3cccc4c3oc3cccc(-c5ccccc5)c34)n2)cc1. The molecule has 0 amide bonds. The van der Waals surface area contributed by atoms with Crippen molar-refractivity contribution < 1.29 is 8.83 Å². The van der Waals surface area contributed by atoms with Gasteiger partial charge in [-0.3, -0.25) is 0 Å². The molecule has 0 fully saturated rings. The Labute approximate surface area is 325 Å². The summed E-state index contributed by atoms with van der Waals surface area (Å²) in [5.74, 6) is 1.65. The second-order valence-corrected chi connectivity index (χ2v) is 14.3. The monoisotopic (exact) mass is 730 g/mol. The van der Waals surface area contributed by atoms with Gasteiger partial charge in [-0.2, -0.15) is 0 Å². The Balaban J connectivity index is 1.05. The summed E-state index contributed by atoms with van der Waals surface area (Å²) in [6, 6.07) is 62.6. The van der Waals surface area contributed by atoms with Crippen LogP contribution in [-0.4, -0.2) is 19.5 Å². The first-order chi connectivity index (χ1) is 28.3. The van der Waals surface area contributed by atoms with Crippen LogP contribution in [0.1, 0.15) is 0 Å². The van der Waals surface area contributed by atoms with E-state index in [0.717, 1.165) is 88.4 Å². The van der Waals surface area contributed by atoms with Gasteiger partial charge >= 0.3 is 0 Å². The maximum atomic E-state index is 6.66. The van der Waals surface area contributed by atoms with Crippen LogP contribution in [0.25, 0.3) is 117 Å². The number of nitrogens with zero attached hydrogens (tertiary/aromatic N) is 4. The molecule has 0 saturated heterocycles. The first-order valence-corrected chi connectivity index (χ1v) is 19.0. The third-order valence-corrected chi connectivity index (χ3v) is 11.1. The highest BCUT2D eigenvalue weighted by Gasteiger charge is 2.21. The maximum Gasteiger partial charge on any atom is 0.167 e. The fraction of sp³-hybridized carbons (Fsp3) is 0. The van der Waals surface area contributed by atoms with Crippen LogP contribution in [0.15, 0.2) is 191 Å². The van der Waals surface area contributed by atoms with Gasteiger partial charge in [0, 0.05) is 38.1 Å². The van der Waals surface area contributed by atoms with E-state index < -0.39 is 0 Å². The van der Waals surface area contributed by atoms with Gasteiger partial charge in [0.2, 0.25) is 0 Å². The van der Waals surface area contributed by atoms with E-state index in [9.17, 15) is 0 Å². The first kappa shape index (κ1) is 31.5. The third kappa shape index (κ3) is 4.87. The number of para-hydroxylation sites is 3. The first-order valence-electron chi connectivity index (χ1n) is 19.0. The van der Waals surface area contributed by atoms with Crippen LogP contribution in [0.4, 0.5) is 0 Å². The summed E-state index contributed by atoms with van der Waals surface area (Å²) in [5, 5.41) is 6.58. The molecule has 4 heterocycles. The minimum Gasteiger partial charge on any atom is -0.456 e. The molecule has 0 unspecified atom stereocenters. The Hall–Kier alpha value is -7.83. The molecule has 0 saturated carbocycles. The lowest BCUT2D eigenvalue weighted by atomic mass is 9.99. The van der Waals surface area contributed by atoms with Crippen LogP contribution in [0.3, 0.4) is 0 Å². The largest absolute Gasteiger partial charge is 0.456 e. The Morgan fingerprint density at radius 2 is 0.930 bits per heavy atom. The molecule has 6 heteroatoms. The fourth-order valence-corrected chi connectivity index (χ4v) is 8.54. The molecule has 0 aliphatic carbocycles. The van der Waals surface area contributed by atoms with Crippen molar-refractivity contribution in [3.05, 3.63) is 182 Å². The molecule has 0 aliphatic rings. The average molecular weight is 731 g/mol. The molecule has 0 atom stereocenters. The molecular formula is C51H30N4O2. The van der Waals surface area contributed by atoms with E-state index in [1.807, 2.05) is 66.7 Å². The molecule has 0 N–H and O–H groups in total. The maximum absolute atomic E-state index is 6.66. The lowest BCUT2D eigenvalue weighted by molar-refractivity contribution is 0.668. The highest BCUT2D eigenvalue weighted by atomic mass is 16.3. The van der Waals surface area contributed by atoms with Crippen molar-refractivity contribution in [2.45, 2.75) is 0 Å². The van der Waals surface area contributed by atoms with Gasteiger partial charge in [-0.25, -0.2) is 15.0 Å². The molecule has 266 valence electrons. The van der Waals surface area contributed by atoms with Gasteiger partial charge < -0.3 is 13.4 Å². The molecule has 12 rings (SSSR count). The number of hydrogen-bond donors (Lipinski definition) is 0. The topological polar surface area (TPSA) is 69.9 Å². The van der Waals surface area contributed by atoms with E-state index in [2.05, 4.69) is 120 Å². The van der Waals surface area contributed by atoms with Crippen molar-refractivity contribution >= 4 is 65.7 Å². The van der Waals surface area contributed by atoms with Crippen LogP contribution < -0.4 is 0 Å². The van der Waals surface area contributed by atoms with Crippen LogP contribution in [0, 0.1) is 0 Å². The molecule has 0 spiro atoms. The standard InChI is InChI=1S/C51H30N4O2/c1-3-14-31(15-4-1)34-20-12-26-43-46(34)38-21-11-22-39(48(38)57-43)51-53-49(32-16-5-2-6-17-32)52-50(54-51)33-28-29-37-45(30-33)56-44-27-13-25-42(47(37)44)55-40-23-9-7-18-35(40)36-19-8-10-24-41(36)55/h1-30H. The number of benzene rings is 8. The van der Waals surface area contributed by atoms with E-state index in [1.54, 1.807) is 0 Å². The molecular weight excluding hydrogens is 701 g/mol. The quantitative estimate of drug-likeness (QED) is 0.176. The fourth-order valence-electron chi connectivity index (χ4n) is 8.54. The number of fused-ring (bicyclic) bond motifs is 9. The summed E-state index contributed by atoms with van der Waals surface area (Å²) in [7, 11) is 0. The second-order valence-electron chi connectivity index (χ2n) is 14.3. The van der Waals surface area contributed by atoms with Gasteiger partial charge in [0.05, 0.1) is 27.7 Å². The zero-order valence-electron chi connectivity index (χ0n) is 30.4. The van der Waals surface area contributed by atoms with E-state index in [-0.39, 0.29) is 0 Å². The average Bonchev–Trinajstić information content (AvgIpc) is 3.96.